The largest absolute Gasteiger partial charge is 0.348 e. The van der Waals surface area contributed by atoms with Gasteiger partial charge in [0.2, 0.25) is 5.91 Å². The van der Waals surface area contributed by atoms with Crippen LogP contribution in [0, 0.1) is 13.8 Å². The lowest BCUT2D eigenvalue weighted by molar-refractivity contribution is -0.118. The molecule has 6 nitrogen and oxygen atoms in total. The third kappa shape index (κ3) is 3.71. The summed E-state index contributed by atoms with van der Waals surface area (Å²) in [5, 5.41) is 2.74. The number of amides is 1. The van der Waals surface area contributed by atoms with Gasteiger partial charge in [0.15, 0.2) is 5.78 Å². The van der Waals surface area contributed by atoms with E-state index in [1.54, 1.807) is 51.1 Å². The van der Waals surface area contributed by atoms with Crippen LogP contribution in [0.1, 0.15) is 41.6 Å². The lowest BCUT2D eigenvalue weighted by Gasteiger charge is -2.17. The van der Waals surface area contributed by atoms with E-state index in [-0.39, 0.29) is 11.7 Å². The molecular formula is C17H19N3O3. The first-order chi connectivity index (χ1) is 10.8. The van der Waals surface area contributed by atoms with Gasteiger partial charge in [-0.1, -0.05) is 0 Å². The minimum atomic E-state index is -0.692. The van der Waals surface area contributed by atoms with Crippen molar-refractivity contribution in [2.75, 3.05) is 5.32 Å². The number of benzene rings is 1. The lowest BCUT2D eigenvalue weighted by Crippen LogP contribution is -2.34. The Labute approximate surface area is 134 Å². The fraction of sp³-hybridized carbons (Fsp3) is 0.294. The summed E-state index contributed by atoms with van der Waals surface area (Å²) in [5.41, 5.74) is 1.99. The summed E-state index contributed by atoms with van der Waals surface area (Å²) < 4.78 is 1.35. The maximum absolute atomic E-state index is 12.4. The van der Waals surface area contributed by atoms with Crippen molar-refractivity contribution in [2.24, 2.45) is 0 Å². The Balaban J connectivity index is 2.20. The Kier molecular flexibility index (Phi) is 4.74. The van der Waals surface area contributed by atoms with Gasteiger partial charge < -0.3 is 5.32 Å². The molecule has 0 aliphatic carbocycles. The van der Waals surface area contributed by atoms with Gasteiger partial charge >= 0.3 is 5.69 Å². The van der Waals surface area contributed by atoms with E-state index in [0.29, 0.717) is 22.6 Å². The zero-order chi connectivity index (χ0) is 17.1. The zero-order valence-electron chi connectivity index (χ0n) is 13.6. The molecule has 0 bridgehead atoms. The van der Waals surface area contributed by atoms with Gasteiger partial charge in [-0.3, -0.25) is 14.2 Å². The number of hydrogen-bond acceptors (Lipinski definition) is 4. The van der Waals surface area contributed by atoms with E-state index in [4.69, 9.17) is 0 Å². The third-order valence-electron chi connectivity index (χ3n) is 3.60. The van der Waals surface area contributed by atoms with Crippen molar-refractivity contribution in [3.63, 3.8) is 0 Å². The molecule has 0 fully saturated rings. The van der Waals surface area contributed by atoms with Crippen molar-refractivity contribution in [1.82, 2.24) is 9.55 Å². The topological polar surface area (TPSA) is 81.1 Å². The van der Waals surface area contributed by atoms with E-state index < -0.39 is 11.7 Å². The first-order valence-electron chi connectivity index (χ1n) is 7.28. The summed E-state index contributed by atoms with van der Waals surface area (Å²) in [6.45, 7) is 6.63. The molecule has 1 atom stereocenters. The molecular weight excluding hydrogens is 294 g/mol. The van der Waals surface area contributed by atoms with Gasteiger partial charge in [-0.2, -0.15) is 4.98 Å². The van der Waals surface area contributed by atoms with Crippen molar-refractivity contribution in [1.29, 1.82) is 0 Å². The molecule has 2 aromatic rings. The fourth-order valence-electron chi connectivity index (χ4n) is 2.38. The van der Waals surface area contributed by atoms with Gasteiger partial charge in [-0.05, 0) is 58.0 Å². The Morgan fingerprint density at radius 2 is 1.78 bits per heavy atom. The van der Waals surface area contributed by atoms with Gasteiger partial charge in [0.1, 0.15) is 6.04 Å². The molecule has 0 radical (unpaired) electrons. The van der Waals surface area contributed by atoms with Crippen LogP contribution in [0.4, 0.5) is 5.69 Å². The third-order valence-corrected chi connectivity index (χ3v) is 3.60. The predicted molar refractivity (Wildman–Crippen MR) is 87.8 cm³/mol. The monoisotopic (exact) mass is 313 g/mol. The van der Waals surface area contributed by atoms with Crippen LogP contribution in [0.5, 0.6) is 0 Å². The molecule has 0 aliphatic rings. The molecule has 6 heteroatoms. The zero-order valence-corrected chi connectivity index (χ0v) is 13.6. The number of nitrogens with one attached hydrogen (secondary N) is 1. The second kappa shape index (κ2) is 6.56. The Morgan fingerprint density at radius 1 is 1.17 bits per heavy atom. The van der Waals surface area contributed by atoms with E-state index in [0.717, 1.165) is 0 Å². The number of carbonyl (C=O) groups excluding carboxylic acids is 2. The fourth-order valence-corrected chi connectivity index (χ4v) is 2.38. The number of hydrogen-bond donors (Lipinski definition) is 1. The average Bonchev–Trinajstić information content (AvgIpc) is 2.46. The number of aromatic nitrogens is 2. The van der Waals surface area contributed by atoms with Crippen molar-refractivity contribution in [2.45, 2.75) is 33.7 Å². The van der Waals surface area contributed by atoms with Crippen molar-refractivity contribution in [3.8, 4) is 0 Å². The van der Waals surface area contributed by atoms with E-state index in [9.17, 15) is 14.4 Å². The van der Waals surface area contributed by atoms with Crippen molar-refractivity contribution >= 4 is 17.4 Å². The number of rotatable bonds is 4. The second-order valence-electron chi connectivity index (χ2n) is 5.49. The number of Topliss-reactive ketones (excluding diaryl/α,β-unsaturated/α-hetero) is 1. The summed E-state index contributed by atoms with van der Waals surface area (Å²) in [6.07, 6.45) is 0. The molecule has 1 aromatic heterocycles. The molecule has 23 heavy (non-hydrogen) atoms. The minimum absolute atomic E-state index is 0.0378. The molecule has 1 heterocycles. The van der Waals surface area contributed by atoms with Crippen LogP contribution in [-0.4, -0.2) is 21.2 Å². The van der Waals surface area contributed by atoms with Crippen LogP contribution >= 0.6 is 0 Å². The predicted octanol–water partition coefficient (Wildman–Crippen LogP) is 2.26. The second-order valence-corrected chi connectivity index (χ2v) is 5.49. The van der Waals surface area contributed by atoms with Gasteiger partial charge in [0.25, 0.3) is 0 Å². The van der Waals surface area contributed by atoms with Crippen molar-refractivity contribution < 1.29 is 9.59 Å². The van der Waals surface area contributed by atoms with E-state index in [1.807, 2.05) is 0 Å². The maximum Gasteiger partial charge on any atom is 0.348 e. The molecule has 1 amide bonds. The van der Waals surface area contributed by atoms with Gasteiger partial charge in [0.05, 0.1) is 0 Å². The standard InChI is InChI=1S/C17H19N3O3/c1-10-9-11(2)20(17(23)18-10)12(3)16(22)19-15-7-5-14(6-8-15)13(4)21/h5-9,12H,1-4H3,(H,19,22). The highest BCUT2D eigenvalue weighted by molar-refractivity contribution is 5.96. The summed E-state index contributed by atoms with van der Waals surface area (Å²) >= 11 is 0. The Hall–Kier alpha value is -2.76. The van der Waals surface area contributed by atoms with Crippen LogP contribution in [0.2, 0.25) is 0 Å². The molecule has 1 N–H and O–H groups in total. The molecule has 1 unspecified atom stereocenters. The van der Waals surface area contributed by atoms with Crippen molar-refractivity contribution in [3.05, 3.63) is 57.8 Å². The van der Waals surface area contributed by atoms with E-state index in [2.05, 4.69) is 10.3 Å². The quantitative estimate of drug-likeness (QED) is 0.878. The molecule has 0 spiro atoms. The number of nitrogens with zero attached hydrogens (tertiary/aromatic N) is 2. The number of aryl methyl sites for hydroxylation is 2. The van der Waals surface area contributed by atoms with Gasteiger partial charge in [0, 0.05) is 22.6 Å². The molecule has 0 aliphatic heterocycles. The van der Waals surface area contributed by atoms with Crippen LogP contribution < -0.4 is 11.0 Å². The molecule has 0 saturated carbocycles. The summed E-state index contributed by atoms with van der Waals surface area (Å²) in [7, 11) is 0. The van der Waals surface area contributed by atoms with Gasteiger partial charge in [-0.25, -0.2) is 4.79 Å². The van der Waals surface area contributed by atoms with Crippen LogP contribution in [0.25, 0.3) is 0 Å². The Bertz CT molecular complexity index is 807. The lowest BCUT2D eigenvalue weighted by atomic mass is 10.1. The van der Waals surface area contributed by atoms with Crippen LogP contribution in [0.3, 0.4) is 0 Å². The highest BCUT2D eigenvalue weighted by atomic mass is 16.2. The summed E-state index contributed by atoms with van der Waals surface area (Å²) in [6, 6.07) is 7.67. The Morgan fingerprint density at radius 3 is 2.30 bits per heavy atom. The minimum Gasteiger partial charge on any atom is -0.324 e. The van der Waals surface area contributed by atoms with Gasteiger partial charge in [-0.15, -0.1) is 0 Å². The van der Waals surface area contributed by atoms with Crippen LogP contribution in [0.15, 0.2) is 35.1 Å². The number of ketones is 1. The smallest absolute Gasteiger partial charge is 0.324 e. The number of anilines is 1. The molecule has 1 aromatic carbocycles. The highest BCUT2D eigenvalue weighted by Gasteiger charge is 2.18. The molecule has 0 saturated heterocycles. The highest BCUT2D eigenvalue weighted by Crippen LogP contribution is 2.14. The normalized spacial score (nSPS) is 11.8. The van der Waals surface area contributed by atoms with E-state index in [1.165, 1.54) is 11.5 Å². The first-order valence-corrected chi connectivity index (χ1v) is 7.28. The molecule has 120 valence electrons. The average molecular weight is 313 g/mol. The maximum atomic E-state index is 12.4. The molecule has 2 rings (SSSR count). The van der Waals surface area contributed by atoms with E-state index >= 15 is 0 Å². The SMILES string of the molecule is CC(=O)c1ccc(NC(=O)C(C)n2c(C)cc(C)nc2=O)cc1. The summed E-state index contributed by atoms with van der Waals surface area (Å²) in [5.74, 6) is -0.361. The summed E-state index contributed by atoms with van der Waals surface area (Å²) in [4.78, 5) is 39.5. The number of carbonyl (C=O) groups is 2. The van der Waals surface area contributed by atoms with Crippen LogP contribution in [-0.2, 0) is 4.79 Å². The first kappa shape index (κ1) is 16.6.